The van der Waals surface area contributed by atoms with Gasteiger partial charge in [-0.25, -0.2) is 0 Å². The fourth-order valence-corrected chi connectivity index (χ4v) is 5.20. The van der Waals surface area contributed by atoms with Crippen molar-refractivity contribution in [2.75, 3.05) is 23.5 Å². The Bertz CT molecular complexity index is 1110. The van der Waals surface area contributed by atoms with E-state index in [1.165, 1.54) is 4.90 Å². The van der Waals surface area contributed by atoms with Crippen molar-refractivity contribution in [3.8, 4) is 5.75 Å². The zero-order chi connectivity index (χ0) is 25.1. The van der Waals surface area contributed by atoms with Crippen LogP contribution in [0, 0.1) is 11.1 Å². The molecule has 1 saturated carbocycles. The predicted octanol–water partition coefficient (Wildman–Crippen LogP) is 3.65. The Labute approximate surface area is 206 Å². The Hall–Kier alpha value is -3.39. The average molecular weight is 479 g/mol. The molecule has 0 aromatic heterocycles. The zero-order valence-corrected chi connectivity index (χ0v) is 20.6. The van der Waals surface area contributed by atoms with E-state index in [1.807, 2.05) is 44.2 Å². The summed E-state index contributed by atoms with van der Waals surface area (Å²) in [6.45, 7) is 3.61. The van der Waals surface area contributed by atoms with E-state index in [0.717, 1.165) is 32.1 Å². The first-order valence-corrected chi connectivity index (χ1v) is 12.3. The van der Waals surface area contributed by atoms with E-state index in [0.29, 0.717) is 33.1 Å². The van der Waals surface area contributed by atoms with Gasteiger partial charge in [0, 0.05) is 17.6 Å². The highest BCUT2D eigenvalue weighted by Crippen LogP contribution is 2.33. The lowest BCUT2D eigenvalue weighted by Crippen LogP contribution is -2.52. The maximum atomic E-state index is 13.6. The lowest BCUT2D eigenvalue weighted by atomic mass is 9.82. The summed E-state index contributed by atoms with van der Waals surface area (Å²) in [6, 6.07) is 14.4. The summed E-state index contributed by atoms with van der Waals surface area (Å²) in [4.78, 5) is 30.1. The largest absolute Gasteiger partial charge is 0.622 e. The van der Waals surface area contributed by atoms with E-state index in [-0.39, 0.29) is 24.4 Å². The molecule has 0 spiro atoms. The highest BCUT2D eigenvalue weighted by molar-refractivity contribution is 6.12. The molecule has 2 amide bonds. The Morgan fingerprint density at radius 2 is 1.80 bits per heavy atom. The van der Waals surface area contributed by atoms with Gasteiger partial charge in [0.25, 0.3) is 6.17 Å². The number of anilines is 2. The van der Waals surface area contributed by atoms with Gasteiger partial charge in [0.15, 0.2) is 0 Å². The summed E-state index contributed by atoms with van der Waals surface area (Å²) in [5.41, 5.74) is 8.71. The molecular weight excluding hydrogens is 444 g/mol. The second kappa shape index (κ2) is 10.5. The number of benzodiazepines with no additional fused rings is 1. The number of amides is 2. The highest BCUT2D eigenvalue weighted by atomic mass is 16.5. The summed E-state index contributed by atoms with van der Waals surface area (Å²) < 4.78 is 5.92. The topological polar surface area (TPSA) is 102 Å². The van der Waals surface area contributed by atoms with Gasteiger partial charge in [-0.05, 0) is 63.1 Å². The number of rotatable bonds is 6. The number of carbonyl (C=O) groups excluding carboxylic acids is 2. The molecule has 0 radical (unpaired) electrons. The van der Waals surface area contributed by atoms with Gasteiger partial charge in [0.2, 0.25) is 11.6 Å². The molecular formula is C27H34N4O4. The molecule has 186 valence electrons. The van der Waals surface area contributed by atoms with Gasteiger partial charge in [0.1, 0.15) is 12.3 Å². The van der Waals surface area contributed by atoms with Crippen molar-refractivity contribution < 1.29 is 19.1 Å². The Balaban J connectivity index is 1.70. The fourth-order valence-electron chi connectivity index (χ4n) is 5.20. The van der Waals surface area contributed by atoms with Crippen molar-refractivity contribution in [1.29, 1.82) is 0 Å². The minimum atomic E-state index is -1.40. The van der Waals surface area contributed by atoms with Crippen LogP contribution in [0.15, 0.2) is 48.5 Å². The molecule has 1 aliphatic carbocycles. The molecule has 1 aliphatic heterocycles. The summed E-state index contributed by atoms with van der Waals surface area (Å²) in [7, 11) is 1.59. The zero-order valence-electron chi connectivity index (χ0n) is 20.6. The number of hydroxylamine groups is 1. The SMILES string of the molecule is COc1ccc(N(C(=O)CN2C(=O)C(N)[N+]([O-])=C(C3CCCCC3)c3ccccc32)C(C)C)cc1. The van der Waals surface area contributed by atoms with Crippen LogP contribution < -0.4 is 20.3 Å². The van der Waals surface area contributed by atoms with Crippen molar-refractivity contribution >= 4 is 28.9 Å². The maximum absolute atomic E-state index is 13.6. The van der Waals surface area contributed by atoms with Crippen LogP contribution in [-0.4, -0.2) is 48.1 Å². The summed E-state index contributed by atoms with van der Waals surface area (Å²) in [6.07, 6.45) is 3.61. The quantitative estimate of drug-likeness (QED) is 0.504. The lowest BCUT2D eigenvalue weighted by Gasteiger charge is -2.30. The normalized spacial score (nSPS) is 18.9. The van der Waals surface area contributed by atoms with E-state index in [1.54, 1.807) is 30.2 Å². The first kappa shape index (κ1) is 24.7. The van der Waals surface area contributed by atoms with Crippen LogP contribution in [0.4, 0.5) is 11.4 Å². The minimum absolute atomic E-state index is 0.0448. The third-order valence-corrected chi connectivity index (χ3v) is 6.90. The lowest BCUT2D eigenvalue weighted by molar-refractivity contribution is -0.486. The molecule has 2 N–H and O–H groups in total. The Morgan fingerprint density at radius 3 is 2.43 bits per heavy atom. The number of carbonyl (C=O) groups is 2. The summed E-state index contributed by atoms with van der Waals surface area (Å²) >= 11 is 0. The molecule has 0 bridgehead atoms. The van der Waals surface area contributed by atoms with Crippen LogP contribution in [0.1, 0.15) is 51.5 Å². The van der Waals surface area contributed by atoms with Crippen LogP contribution in [0.25, 0.3) is 0 Å². The molecule has 1 unspecified atom stereocenters. The molecule has 35 heavy (non-hydrogen) atoms. The second-order valence-electron chi connectivity index (χ2n) is 9.49. The van der Waals surface area contributed by atoms with Gasteiger partial charge in [-0.2, -0.15) is 4.74 Å². The Kier molecular flexibility index (Phi) is 7.40. The van der Waals surface area contributed by atoms with Crippen LogP contribution in [0.3, 0.4) is 0 Å². The smallest absolute Gasteiger partial charge is 0.313 e. The van der Waals surface area contributed by atoms with Crippen molar-refractivity contribution in [3.63, 3.8) is 0 Å². The number of hydrogen-bond acceptors (Lipinski definition) is 5. The molecule has 2 aliphatic rings. The standard InChI is InChI=1S/C27H34N4O4/c1-18(2)30(20-13-15-21(35-3)16-14-20)24(32)17-29-23-12-8-7-11-22(23)25(19-9-5-4-6-10-19)31(34)26(28)27(29)33/h7-8,11-16,18-19,26H,4-6,9-10,17,28H2,1-3H3. The minimum Gasteiger partial charge on any atom is -0.622 e. The molecule has 1 heterocycles. The molecule has 2 aromatic rings. The van der Waals surface area contributed by atoms with Gasteiger partial charge < -0.3 is 14.8 Å². The predicted molar refractivity (Wildman–Crippen MR) is 137 cm³/mol. The number of para-hydroxylation sites is 1. The number of fused-ring (bicyclic) bond motifs is 1. The third-order valence-electron chi connectivity index (χ3n) is 6.90. The number of methoxy groups -OCH3 is 1. The molecule has 8 nitrogen and oxygen atoms in total. The van der Waals surface area contributed by atoms with Gasteiger partial charge in [-0.15, -0.1) is 0 Å². The van der Waals surface area contributed by atoms with Gasteiger partial charge in [0.05, 0.1) is 18.4 Å². The third kappa shape index (κ3) is 4.89. The van der Waals surface area contributed by atoms with Crippen molar-refractivity contribution in [2.45, 2.75) is 58.2 Å². The van der Waals surface area contributed by atoms with E-state index in [2.05, 4.69) is 0 Å². The van der Waals surface area contributed by atoms with Crippen molar-refractivity contribution in [3.05, 3.63) is 59.3 Å². The van der Waals surface area contributed by atoms with Crippen LogP contribution >= 0.6 is 0 Å². The highest BCUT2D eigenvalue weighted by Gasteiger charge is 2.41. The van der Waals surface area contributed by atoms with Crippen molar-refractivity contribution in [1.82, 2.24) is 0 Å². The van der Waals surface area contributed by atoms with Crippen LogP contribution in [-0.2, 0) is 9.59 Å². The Morgan fingerprint density at radius 1 is 1.14 bits per heavy atom. The number of hydrogen-bond donors (Lipinski definition) is 1. The van der Waals surface area contributed by atoms with E-state index < -0.39 is 12.1 Å². The van der Waals surface area contributed by atoms with E-state index >= 15 is 0 Å². The molecule has 1 atom stereocenters. The summed E-state index contributed by atoms with van der Waals surface area (Å²) in [5.74, 6) is -0.110. The van der Waals surface area contributed by atoms with Gasteiger partial charge in [-0.3, -0.25) is 20.2 Å². The number of benzene rings is 2. The fraction of sp³-hybridized carbons (Fsp3) is 0.444. The van der Waals surface area contributed by atoms with Crippen molar-refractivity contribution in [2.24, 2.45) is 11.7 Å². The second-order valence-corrected chi connectivity index (χ2v) is 9.49. The molecule has 2 aromatic carbocycles. The monoisotopic (exact) mass is 478 g/mol. The maximum Gasteiger partial charge on any atom is 0.313 e. The average Bonchev–Trinajstić information content (AvgIpc) is 2.94. The van der Waals surface area contributed by atoms with Crippen LogP contribution in [0.2, 0.25) is 0 Å². The first-order valence-electron chi connectivity index (χ1n) is 12.3. The van der Waals surface area contributed by atoms with Crippen LogP contribution in [0.5, 0.6) is 5.75 Å². The van der Waals surface area contributed by atoms with E-state index in [9.17, 15) is 14.8 Å². The van der Waals surface area contributed by atoms with Gasteiger partial charge in [-0.1, -0.05) is 31.4 Å². The molecule has 4 rings (SSSR count). The number of ether oxygens (including phenoxy) is 1. The first-order chi connectivity index (χ1) is 16.8. The molecule has 0 saturated heterocycles. The summed E-state index contributed by atoms with van der Waals surface area (Å²) in [5, 5.41) is 13.4. The van der Waals surface area contributed by atoms with Gasteiger partial charge >= 0.3 is 5.91 Å². The van der Waals surface area contributed by atoms with E-state index in [4.69, 9.17) is 10.5 Å². The number of nitrogens with two attached hydrogens (primary N) is 1. The molecule has 1 fully saturated rings. The molecule has 8 heteroatoms. The number of nitrogens with zero attached hydrogens (tertiary/aromatic N) is 3.